The Kier molecular flexibility index (Phi) is 4.79. The van der Waals surface area contributed by atoms with Crippen LogP contribution >= 0.6 is 0 Å². The van der Waals surface area contributed by atoms with Crippen LogP contribution in [0.2, 0.25) is 0 Å². The summed E-state index contributed by atoms with van der Waals surface area (Å²) in [4.78, 5) is 0. The van der Waals surface area contributed by atoms with Crippen molar-refractivity contribution in [3.05, 3.63) is 53.6 Å². The van der Waals surface area contributed by atoms with Gasteiger partial charge in [-0.05, 0) is 24.6 Å². The minimum atomic E-state index is -0.246. The number of ether oxygens (including phenoxy) is 1. The first-order chi connectivity index (χ1) is 9.63. The van der Waals surface area contributed by atoms with Crippen LogP contribution in [0.1, 0.15) is 24.6 Å². The smallest absolute Gasteiger partial charge is 0.131 e. The van der Waals surface area contributed by atoms with Crippen LogP contribution in [0.3, 0.4) is 0 Å². The molecule has 2 N–H and O–H groups in total. The number of hydrogen-bond donors (Lipinski definition) is 1. The molecule has 1 aromatic heterocycles. The maximum Gasteiger partial charge on any atom is 0.131 e. The zero-order valence-electron chi connectivity index (χ0n) is 12.0. The monoisotopic (exact) mass is 276 g/mol. The minimum absolute atomic E-state index is 0.143. The Bertz CT molecular complexity index is 565. The number of rotatable bonds is 6. The summed E-state index contributed by atoms with van der Waals surface area (Å²) in [5.41, 5.74) is 7.77. The van der Waals surface area contributed by atoms with E-state index in [0.29, 0.717) is 17.9 Å². The van der Waals surface area contributed by atoms with E-state index in [2.05, 4.69) is 6.92 Å². The van der Waals surface area contributed by atoms with Crippen molar-refractivity contribution in [1.82, 2.24) is 4.57 Å². The zero-order valence-corrected chi connectivity index (χ0v) is 12.0. The van der Waals surface area contributed by atoms with Gasteiger partial charge in [-0.1, -0.05) is 13.0 Å². The average Bonchev–Trinajstić information content (AvgIpc) is 2.88. The molecule has 2 aromatic rings. The maximum atomic E-state index is 14.0. The molecule has 0 amide bonds. The third-order valence-electron chi connectivity index (χ3n) is 3.52. The summed E-state index contributed by atoms with van der Waals surface area (Å²) in [6.45, 7) is 2.58. The van der Waals surface area contributed by atoms with E-state index in [0.717, 1.165) is 18.5 Å². The Morgan fingerprint density at radius 2 is 2.15 bits per heavy atom. The molecule has 0 aliphatic rings. The molecular formula is C16H21FN2O. The van der Waals surface area contributed by atoms with Gasteiger partial charge < -0.3 is 15.0 Å². The summed E-state index contributed by atoms with van der Waals surface area (Å²) in [6, 6.07) is 9.10. The Hall–Kier alpha value is -1.81. The molecule has 2 rings (SSSR count). The van der Waals surface area contributed by atoms with E-state index >= 15 is 0 Å². The maximum absolute atomic E-state index is 14.0. The van der Waals surface area contributed by atoms with Gasteiger partial charge in [0.2, 0.25) is 0 Å². The van der Waals surface area contributed by atoms with Crippen molar-refractivity contribution in [1.29, 1.82) is 0 Å². The second-order valence-corrected chi connectivity index (χ2v) is 4.96. The molecule has 0 saturated carbocycles. The van der Waals surface area contributed by atoms with E-state index < -0.39 is 0 Å². The third-order valence-corrected chi connectivity index (χ3v) is 3.52. The van der Waals surface area contributed by atoms with Gasteiger partial charge >= 0.3 is 0 Å². The van der Waals surface area contributed by atoms with E-state index in [4.69, 9.17) is 10.5 Å². The number of hydrogen-bond acceptors (Lipinski definition) is 2. The highest BCUT2D eigenvalue weighted by molar-refractivity contribution is 5.29. The molecule has 4 heteroatoms. The van der Waals surface area contributed by atoms with Gasteiger partial charge in [0.25, 0.3) is 0 Å². The van der Waals surface area contributed by atoms with Gasteiger partial charge in [0.05, 0.1) is 13.7 Å². The highest BCUT2D eigenvalue weighted by Crippen LogP contribution is 2.18. The third kappa shape index (κ3) is 3.39. The molecule has 3 nitrogen and oxygen atoms in total. The first kappa shape index (κ1) is 14.6. The summed E-state index contributed by atoms with van der Waals surface area (Å²) >= 11 is 0. The lowest BCUT2D eigenvalue weighted by Gasteiger charge is -2.13. The number of methoxy groups -OCH3 is 1. The molecule has 0 fully saturated rings. The molecule has 0 aliphatic heterocycles. The molecule has 108 valence electrons. The molecule has 20 heavy (non-hydrogen) atoms. The van der Waals surface area contributed by atoms with E-state index in [1.165, 1.54) is 13.2 Å². The van der Waals surface area contributed by atoms with Gasteiger partial charge in [-0.15, -0.1) is 0 Å². The summed E-state index contributed by atoms with van der Waals surface area (Å²) < 4.78 is 21.0. The van der Waals surface area contributed by atoms with Crippen LogP contribution in [-0.2, 0) is 13.0 Å². The lowest BCUT2D eigenvalue weighted by molar-refractivity contribution is 0.410. The SMILES string of the molecule is CCC(N)Cc1cccn1Cc1ccc(OC)cc1F. The second-order valence-electron chi connectivity index (χ2n) is 4.96. The number of nitrogens with two attached hydrogens (primary N) is 1. The van der Waals surface area contributed by atoms with Gasteiger partial charge in [-0.3, -0.25) is 0 Å². The first-order valence-corrected chi connectivity index (χ1v) is 6.86. The van der Waals surface area contributed by atoms with Gasteiger partial charge in [-0.2, -0.15) is 0 Å². The normalized spacial score (nSPS) is 12.4. The predicted molar refractivity (Wildman–Crippen MR) is 78.5 cm³/mol. The van der Waals surface area contributed by atoms with Crippen LogP contribution in [0.15, 0.2) is 36.5 Å². The Labute approximate surface area is 119 Å². The fraction of sp³-hybridized carbons (Fsp3) is 0.375. The van der Waals surface area contributed by atoms with Crippen molar-refractivity contribution in [2.24, 2.45) is 5.73 Å². The van der Waals surface area contributed by atoms with Gasteiger partial charge in [0, 0.05) is 36.0 Å². The molecule has 0 bridgehead atoms. The topological polar surface area (TPSA) is 40.2 Å². The summed E-state index contributed by atoms with van der Waals surface area (Å²) in [5.74, 6) is 0.288. The van der Waals surface area contributed by atoms with Crippen LogP contribution in [0.4, 0.5) is 4.39 Å². The Balaban J connectivity index is 2.16. The van der Waals surface area contributed by atoms with E-state index in [9.17, 15) is 4.39 Å². The van der Waals surface area contributed by atoms with Crippen molar-refractivity contribution in [3.8, 4) is 5.75 Å². The quantitative estimate of drug-likeness (QED) is 0.881. The van der Waals surface area contributed by atoms with E-state index in [1.54, 1.807) is 12.1 Å². The zero-order chi connectivity index (χ0) is 14.5. The van der Waals surface area contributed by atoms with Crippen molar-refractivity contribution in [2.75, 3.05) is 7.11 Å². The van der Waals surface area contributed by atoms with Gasteiger partial charge in [0.1, 0.15) is 11.6 Å². The Morgan fingerprint density at radius 1 is 1.35 bits per heavy atom. The Morgan fingerprint density at radius 3 is 2.80 bits per heavy atom. The standard InChI is InChI=1S/C16H21FN2O/c1-3-13(18)9-14-5-4-8-19(14)11-12-6-7-15(20-2)10-16(12)17/h4-8,10,13H,3,9,11,18H2,1-2H3. The molecule has 1 heterocycles. The van der Waals surface area contributed by atoms with Gasteiger partial charge in [-0.25, -0.2) is 4.39 Å². The predicted octanol–water partition coefficient (Wildman–Crippen LogP) is 2.96. The van der Waals surface area contributed by atoms with Gasteiger partial charge in [0.15, 0.2) is 0 Å². The van der Waals surface area contributed by atoms with Crippen molar-refractivity contribution in [3.63, 3.8) is 0 Å². The highest BCUT2D eigenvalue weighted by Gasteiger charge is 2.09. The highest BCUT2D eigenvalue weighted by atomic mass is 19.1. The van der Waals surface area contributed by atoms with Crippen LogP contribution < -0.4 is 10.5 Å². The first-order valence-electron chi connectivity index (χ1n) is 6.86. The van der Waals surface area contributed by atoms with Crippen molar-refractivity contribution < 1.29 is 9.13 Å². The molecule has 1 unspecified atom stereocenters. The van der Waals surface area contributed by atoms with Crippen LogP contribution in [0, 0.1) is 5.82 Å². The lowest BCUT2D eigenvalue weighted by atomic mass is 10.1. The molecule has 0 aliphatic carbocycles. The molecule has 1 atom stereocenters. The van der Waals surface area contributed by atoms with E-state index in [1.807, 2.05) is 22.9 Å². The molecule has 0 saturated heterocycles. The largest absolute Gasteiger partial charge is 0.497 e. The van der Waals surface area contributed by atoms with Crippen molar-refractivity contribution >= 4 is 0 Å². The lowest BCUT2D eigenvalue weighted by Crippen LogP contribution is -2.23. The number of halogens is 1. The number of aromatic nitrogens is 1. The average molecular weight is 276 g/mol. The van der Waals surface area contributed by atoms with Crippen LogP contribution in [0.25, 0.3) is 0 Å². The van der Waals surface area contributed by atoms with Crippen LogP contribution in [-0.4, -0.2) is 17.7 Å². The molecule has 0 radical (unpaired) electrons. The second kappa shape index (κ2) is 6.57. The molecular weight excluding hydrogens is 255 g/mol. The molecule has 1 aromatic carbocycles. The number of benzene rings is 1. The summed E-state index contributed by atoms with van der Waals surface area (Å²) in [6.07, 6.45) is 3.70. The van der Waals surface area contributed by atoms with Crippen LogP contribution in [0.5, 0.6) is 5.75 Å². The fourth-order valence-electron chi connectivity index (χ4n) is 2.17. The fourth-order valence-corrected chi connectivity index (χ4v) is 2.17. The number of nitrogens with zero attached hydrogens (tertiary/aromatic N) is 1. The summed E-state index contributed by atoms with van der Waals surface area (Å²) in [7, 11) is 1.53. The van der Waals surface area contributed by atoms with Crippen molar-refractivity contribution in [2.45, 2.75) is 32.4 Å². The minimum Gasteiger partial charge on any atom is -0.497 e. The summed E-state index contributed by atoms with van der Waals surface area (Å²) in [5, 5.41) is 0. The van der Waals surface area contributed by atoms with E-state index in [-0.39, 0.29) is 11.9 Å². The molecule has 0 spiro atoms.